The quantitative estimate of drug-likeness (QED) is 0.520. The Morgan fingerprint density at radius 3 is 2.60 bits per heavy atom. The van der Waals surface area contributed by atoms with Crippen LogP contribution in [0, 0.1) is 12.9 Å². The maximum atomic E-state index is 14.7. The maximum Gasteiger partial charge on any atom is 0.243 e. The van der Waals surface area contributed by atoms with Crippen LogP contribution in [-0.2, 0) is 16.0 Å². The molecule has 3 atom stereocenters. The van der Waals surface area contributed by atoms with Crippen molar-refractivity contribution in [3.05, 3.63) is 83.1 Å². The Labute approximate surface area is 201 Å². The van der Waals surface area contributed by atoms with Crippen LogP contribution in [0.15, 0.2) is 53.1 Å². The van der Waals surface area contributed by atoms with E-state index in [4.69, 9.17) is 4.42 Å². The van der Waals surface area contributed by atoms with Crippen LogP contribution in [0.25, 0.3) is 0 Å². The number of pyridine rings is 1. The van der Waals surface area contributed by atoms with Gasteiger partial charge >= 0.3 is 0 Å². The van der Waals surface area contributed by atoms with Gasteiger partial charge in [0.2, 0.25) is 23.7 Å². The number of oxazole rings is 1. The number of likely N-dealkylation sites (tertiary alicyclic amines) is 1. The summed E-state index contributed by atoms with van der Waals surface area (Å²) in [6.45, 7) is 1.55. The van der Waals surface area contributed by atoms with Gasteiger partial charge in [0, 0.05) is 12.0 Å². The fraction of sp³-hybridized carbons (Fsp3) is 0.385. The molecule has 0 spiro atoms. The molecular formula is C26H26F2N4O3. The lowest BCUT2D eigenvalue weighted by Crippen LogP contribution is -2.47. The summed E-state index contributed by atoms with van der Waals surface area (Å²) in [5.41, 5.74) is 2.26. The first-order chi connectivity index (χ1) is 16.9. The van der Waals surface area contributed by atoms with E-state index < -0.39 is 36.0 Å². The number of alkyl halides is 1. The average molecular weight is 481 g/mol. The SMILES string of the molecule is Cc1coc(CC(=O)N2C[C@H](F)C[C@H]2C(=O)N[C@@H](c2ccccc2)c2ccc(C3CC3)c(F)n2)n1. The summed E-state index contributed by atoms with van der Waals surface area (Å²) in [6.07, 6.45) is 1.71. The van der Waals surface area contributed by atoms with Gasteiger partial charge in [-0.15, -0.1) is 0 Å². The molecule has 2 fully saturated rings. The fourth-order valence-electron chi connectivity index (χ4n) is 4.55. The van der Waals surface area contributed by atoms with Crippen LogP contribution in [0.2, 0.25) is 0 Å². The molecule has 5 rings (SSSR count). The number of carbonyl (C=O) groups excluding carboxylic acids is 2. The van der Waals surface area contributed by atoms with Gasteiger partial charge in [0.15, 0.2) is 0 Å². The highest BCUT2D eigenvalue weighted by Gasteiger charge is 2.41. The number of aromatic nitrogens is 2. The third kappa shape index (κ3) is 5.08. The Morgan fingerprint density at radius 1 is 1.17 bits per heavy atom. The van der Waals surface area contributed by atoms with Gasteiger partial charge in [-0.3, -0.25) is 9.59 Å². The Balaban J connectivity index is 1.38. The molecule has 0 unspecified atom stereocenters. The van der Waals surface area contributed by atoms with Gasteiger partial charge in [0.25, 0.3) is 0 Å². The molecule has 3 aromatic rings. The van der Waals surface area contributed by atoms with E-state index in [0.717, 1.165) is 12.8 Å². The molecule has 1 N–H and O–H groups in total. The maximum absolute atomic E-state index is 14.7. The molecule has 35 heavy (non-hydrogen) atoms. The zero-order valence-electron chi connectivity index (χ0n) is 19.3. The van der Waals surface area contributed by atoms with E-state index in [9.17, 15) is 18.4 Å². The topological polar surface area (TPSA) is 88.3 Å². The monoisotopic (exact) mass is 480 g/mol. The summed E-state index contributed by atoms with van der Waals surface area (Å²) in [6, 6.07) is 10.7. The van der Waals surface area contributed by atoms with Crippen molar-refractivity contribution in [3.63, 3.8) is 0 Å². The summed E-state index contributed by atoms with van der Waals surface area (Å²) in [5, 5.41) is 2.89. The molecule has 2 aliphatic rings. The molecule has 3 heterocycles. The van der Waals surface area contributed by atoms with E-state index >= 15 is 0 Å². The van der Waals surface area contributed by atoms with Crippen molar-refractivity contribution < 1.29 is 22.8 Å². The molecule has 7 nitrogen and oxygen atoms in total. The second-order valence-corrected chi connectivity index (χ2v) is 9.20. The molecule has 1 aromatic carbocycles. The Bertz CT molecular complexity index is 1230. The van der Waals surface area contributed by atoms with E-state index in [-0.39, 0.29) is 31.2 Å². The summed E-state index contributed by atoms with van der Waals surface area (Å²) < 4.78 is 34.4. The van der Waals surface area contributed by atoms with Crippen LogP contribution in [0.3, 0.4) is 0 Å². The third-order valence-electron chi connectivity index (χ3n) is 6.47. The summed E-state index contributed by atoms with van der Waals surface area (Å²) in [4.78, 5) is 35.7. The summed E-state index contributed by atoms with van der Waals surface area (Å²) in [7, 11) is 0. The predicted molar refractivity (Wildman–Crippen MR) is 123 cm³/mol. The predicted octanol–water partition coefficient (Wildman–Crippen LogP) is 3.78. The average Bonchev–Trinajstić information content (AvgIpc) is 3.49. The summed E-state index contributed by atoms with van der Waals surface area (Å²) >= 11 is 0. The van der Waals surface area contributed by atoms with Crippen molar-refractivity contribution in [1.29, 1.82) is 0 Å². The number of rotatable bonds is 7. The van der Waals surface area contributed by atoms with Gasteiger partial charge < -0.3 is 14.6 Å². The number of aryl methyl sites for hydroxylation is 1. The number of halogens is 2. The first-order valence-corrected chi connectivity index (χ1v) is 11.7. The molecule has 1 saturated heterocycles. The van der Waals surface area contributed by atoms with Crippen molar-refractivity contribution in [3.8, 4) is 0 Å². The zero-order valence-corrected chi connectivity index (χ0v) is 19.3. The fourth-order valence-corrected chi connectivity index (χ4v) is 4.55. The van der Waals surface area contributed by atoms with Gasteiger partial charge in [-0.05, 0) is 37.3 Å². The lowest BCUT2D eigenvalue weighted by atomic mass is 10.0. The second kappa shape index (κ2) is 9.56. The molecule has 2 amide bonds. The van der Waals surface area contributed by atoms with Crippen molar-refractivity contribution >= 4 is 11.8 Å². The van der Waals surface area contributed by atoms with Crippen LogP contribution in [0.1, 0.15) is 59.6 Å². The molecule has 1 aliphatic heterocycles. The van der Waals surface area contributed by atoms with Crippen LogP contribution in [0.4, 0.5) is 8.78 Å². The molecule has 9 heteroatoms. The number of benzene rings is 1. The van der Waals surface area contributed by atoms with Gasteiger partial charge in [-0.25, -0.2) is 14.4 Å². The molecule has 0 bridgehead atoms. The zero-order chi connectivity index (χ0) is 24.5. The third-order valence-corrected chi connectivity index (χ3v) is 6.47. The lowest BCUT2D eigenvalue weighted by Gasteiger charge is -2.26. The van der Waals surface area contributed by atoms with E-state index in [1.807, 2.05) is 18.2 Å². The number of hydrogen-bond acceptors (Lipinski definition) is 5. The Morgan fingerprint density at radius 2 is 1.94 bits per heavy atom. The number of nitrogens with one attached hydrogen (secondary N) is 1. The largest absolute Gasteiger partial charge is 0.448 e. The highest BCUT2D eigenvalue weighted by Crippen LogP contribution is 2.41. The lowest BCUT2D eigenvalue weighted by molar-refractivity contribution is -0.138. The standard InChI is InChI=1S/C26H26F2N4O3/c1-15-14-35-22(29-15)12-23(33)32-13-18(27)11-21(32)26(34)31-24(17-5-3-2-4-6-17)20-10-9-19(16-7-8-16)25(28)30-20/h2-6,9-10,14,16,18,21,24H,7-8,11-13H2,1H3,(H,31,34)/t18-,21+,24+/m1/s1. The molecular weight excluding hydrogens is 454 g/mol. The molecule has 2 aromatic heterocycles. The number of amides is 2. The molecule has 1 aliphatic carbocycles. The van der Waals surface area contributed by atoms with Crippen LogP contribution < -0.4 is 5.32 Å². The van der Waals surface area contributed by atoms with Gasteiger partial charge in [0.05, 0.1) is 24.0 Å². The molecule has 1 saturated carbocycles. The second-order valence-electron chi connectivity index (χ2n) is 9.20. The molecule has 182 valence electrons. The number of hydrogen-bond donors (Lipinski definition) is 1. The smallest absolute Gasteiger partial charge is 0.243 e. The van der Waals surface area contributed by atoms with Crippen molar-refractivity contribution in [1.82, 2.24) is 20.2 Å². The van der Waals surface area contributed by atoms with Crippen LogP contribution in [-0.4, -0.2) is 45.4 Å². The Kier molecular flexibility index (Phi) is 6.32. The summed E-state index contributed by atoms with van der Waals surface area (Å²) in [5.74, 6) is -1.09. The highest BCUT2D eigenvalue weighted by molar-refractivity contribution is 5.89. The first-order valence-electron chi connectivity index (χ1n) is 11.7. The van der Waals surface area contributed by atoms with E-state index in [1.54, 1.807) is 31.2 Å². The van der Waals surface area contributed by atoms with Crippen molar-refractivity contribution in [2.75, 3.05) is 6.54 Å². The van der Waals surface area contributed by atoms with Crippen molar-refractivity contribution in [2.24, 2.45) is 0 Å². The highest BCUT2D eigenvalue weighted by atomic mass is 19.1. The van der Waals surface area contributed by atoms with E-state index in [2.05, 4.69) is 15.3 Å². The van der Waals surface area contributed by atoms with Gasteiger partial charge in [-0.2, -0.15) is 4.39 Å². The van der Waals surface area contributed by atoms with Gasteiger partial charge in [0.1, 0.15) is 24.9 Å². The molecule has 0 radical (unpaired) electrons. The van der Waals surface area contributed by atoms with Gasteiger partial charge in [-0.1, -0.05) is 36.4 Å². The number of nitrogens with zero attached hydrogens (tertiary/aromatic N) is 3. The normalized spacial score (nSPS) is 20.6. The minimum absolute atomic E-state index is 0.119. The first kappa shape index (κ1) is 23.1. The number of carbonyl (C=O) groups is 2. The Hall–Kier alpha value is -3.62. The van der Waals surface area contributed by atoms with Crippen LogP contribution in [0.5, 0.6) is 0 Å². The van der Waals surface area contributed by atoms with Crippen molar-refractivity contribution in [2.45, 2.75) is 56.8 Å². The van der Waals surface area contributed by atoms with Crippen LogP contribution >= 0.6 is 0 Å². The minimum Gasteiger partial charge on any atom is -0.448 e. The minimum atomic E-state index is -1.33. The van der Waals surface area contributed by atoms with E-state index in [1.165, 1.54) is 11.2 Å². The van der Waals surface area contributed by atoms with E-state index in [0.29, 0.717) is 22.5 Å².